The smallest absolute Gasteiger partial charge is 0.297 e. The van der Waals surface area contributed by atoms with E-state index >= 15 is 0 Å². The minimum Gasteiger partial charge on any atom is -0.297 e. The quantitative estimate of drug-likeness (QED) is 0.595. The van der Waals surface area contributed by atoms with Crippen molar-refractivity contribution in [2.24, 2.45) is 0 Å². The topological polar surface area (TPSA) is 54.4 Å². The summed E-state index contributed by atoms with van der Waals surface area (Å²) in [6.45, 7) is 0. The highest BCUT2D eigenvalue weighted by Crippen LogP contribution is 2.26. The van der Waals surface area contributed by atoms with E-state index in [2.05, 4.69) is 0 Å². The van der Waals surface area contributed by atoms with Gasteiger partial charge in [-0.3, -0.25) is 9.04 Å². The van der Waals surface area contributed by atoms with Crippen molar-refractivity contribution in [3.63, 3.8) is 0 Å². The second kappa shape index (κ2) is 3.34. The van der Waals surface area contributed by atoms with E-state index in [9.17, 15) is 8.42 Å². The van der Waals surface area contributed by atoms with Crippen LogP contribution in [0.5, 0.6) is 0 Å². The zero-order valence-electron chi connectivity index (χ0n) is 8.43. The number of hydrogen-bond donors (Lipinski definition) is 1. The molecular formula is C9H14NO3S+. The van der Waals surface area contributed by atoms with Gasteiger partial charge in [0.05, 0.1) is 21.1 Å². The summed E-state index contributed by atoms with van der Waals surface area (Å²) < 4.78 is 31.4. The molecule has 1 N–H and O–H groups in total. The van der Waals surface area contributed by atoms with Crippen LogP contribution < -0.4 is 4.48 Å². The minimum absolute atomic E-state index is 0.0347. The molecule has 0 aliphatic heterocycles. The van der Waals surface area contributed by atoms with Crippen molar-refractivity contribution in [3.8, 4) is 0 Å². The molecule has 0 heterocycles. The van der Waals surface area contributed by atoms with Crippen molar-refractivity contribution < 1.29 is 13.0 Å². The van der Waals surface area contributed by atoms with E-state index in [0.29, 0.717) is 10.2 Å². The molecule has 1 rings (SSSR count). The molecule has 0 spiro atoms. The van der Waals surface area contributed by atoms with Crippen LogP contribution in [0.25, 0.3) is 0 Å². The van der Waals surface area contributed by atoms with Crippen molar-refractivity contribution >= 4 is 15.8 Å². The van der Waals surface area contributed by atoms with Crippen molar-refractivity contribution in [2.75, 3.05) is 21.1 Å². The predicted octanol–water partition coefficient (Wildman–Crippen LogP) is 1.13. The number of para-hydroxylation sites is 1. The highest BCUT2D eigenvalue weighted by Gasteiger charge is 2.24. The average Bonchev–Trinajstić information content (AvgIpc) is 2.01. The first-order valence-corrected chi connectivity index (χ1v) is 5.55. The van der Waals surface area contributed by atoms with Crippen LogP contribution in [0.3, 0.4) is 0 Å². The van der Waals surface area contributed by atoms with Gasteiger partial charge in [0.25, 0.3) is 10.1 Å². The van der Waals surface area contributed by atoms with Gasteiger partial charge in [0.15, 0.2) is 10.6 Å². The van der Waals surface area contributed by atoms with Gasteiger partial charge in [0, 0.05) is 6.07 Å². The average molecular weight is 216 g/mol. The Morgan fingerprint density at radius 3 is 2.00 bits per heavy atom. The summed E-state index contributed by atoms with van der Waals surface area (Å²) in [6.07, 6.45) is 0. The molecule has 0 aromatic heterocycles. The molecule has 0 bridgehead atoms. The fraction of sp³-hybridized carbons (Fsp3) is 0.333. The number of benzene rings is 1. The minimum atomic E-state index is -4.13. The molecule has 1 aromatic rings. The summed E-state index contributed by atoms with van der Waals surface area (Å²) in [5.74, 6) is 0. The molecule has 0 aliphatic rings. The highest BCUT2D eigenvalue weighted by molar-refractivity contribution is 7.86. The molecule has 5 heteroatoms. The maximum atomic E-state index is 11.0. The van der Waals surface area contributed by atoms with Crippen LogP contribution >= 0.6 is 0 Å². The Hall–Kier alpha value is -0.910. The Labute approximate surface area is 84.1 Å². The summed E-state index contributed by atoms with van der Waals surface area (Å²) in [4.78, 5) is -0.0347. The van der Waals surface area contributed by atoms with Gasteiger partial charge in [-0.15, -0.1) is 0 Å². The van der Waals surface area contributed by atoms with Crippen molar-refractivity contribution in [1.82, 2.24) is 4.48 Å². The molecule has 0 saturated carbocycles. The van der Waals surface area contributed by atoms with E-state index in [1.807, 2.05) is 21.1 Å². The van der Waals surface area contributed by atoms with Crippen LogP contribution in [-0.4, -0.2) is 34.1 Å². The van der Waals surface area contributed by atoms with E-state index in [1.165, 1.54) is 6.07 Å². The Morgan fingerprint density at radius 2 is 1.64 bits per heavy atom. The largest absolute Gasteiger partial charge is 0.300 e. The monoisotopic (exact) mass is 216 g/mol. The van der Waals surface area contributed by atoms with E-state index < -0.39 is 10.1 Å². The van der Waals surface area contributed by atoms with Gasteiger partial charge in [-0.1, -0.05) is 12.1 Å². The maximum absolute atomic E-state index is 11.0. The molecule has 0 amide bonds. The SMILES string of the molecule is C[N+](C)(C)c1ccccc1S(=O)(=O)O. The zero-order chi connectivity index (χ0) is 11.0. The zero-order valence-corrected chi connectivity index (χ0v) is 9.25. The normalized spacial score (nSPS) is 12.9. The molecule has 0 atom stereocenters. The molecule has 0 fully saturated rings. The van der Waals surface area contributed by atoms with Crippen LogP contribution in [0, 0.1) is 0 Å². The molecule has 14 heavy (non-hydrogen) atoms. The molecule has 4 nitrogen and oxygen atoms in total. The first-order valence-electron chi connectivity index (χ1n) is 4.11. The Bertz CT molecular complexity index is 432. The van der Waals surface area contributed by atoms with E-state index in [4.69, 9.17) is 4.55 Å². The van der Waals surface area contributed by atoms with E-state index in [-0.39, 0.29) is 4.90 Å². The van der Waals surface area contributed by atoms with Gasteiger partial charge in [-0.2, -0.15) is 8.42 Å². The molecule has 78 valence electrons. The van der Waals surface area contributed by atoms with Crippen LogP contribution in [0.15, 0.2) is 29.2 Å². The molecular weight excluding hydrogens is 202 g/mol. The third-order valence-corrected chi connectivity index (χ3v) is 2.77. The predicted molar refractivity (Wildman–Crippen MR) is 55.8 cm³/mol. The van der Waals surface area contributed by atoms with Crippen LogP contribution in [0.1, 0.15) is 0 Å². The van der Waals surface area contributed by atoms with Crippen molar-refractivity contribution in [2.45, 2.75) is 4.90 Å². The van der Waals surface area contributed by atoms with Gasteiger partial charge < -0.3 is 0 Å². The van der Waals surface area contributed by atoms with Crippen LogP contribution in [-0.2, 0) is 10.1 Å². The lowest BCUT2D eigenvalue weighted by Crippen LogP contribution is -2.36. The second-order valence-corrected chi connectivity index (χ2v) is 5.35. The molecule has 0 aliphatic carbocycles. The van der Waals surface area contributed by atoms with Crippen molar-refractivity contribution in [1.29, 1.82) is 0 Å². The lowest BCUT2D eigenvalue weighted by molar-refractivity contribution is 0.458. The van der Waals surface area contributed by atoms with Crippen LogP contribution in [0.2, 0.25) is 0 Å². The van der Waals surface area contributed by atoms with Gasteiger partial charge in [0.1, 0.15) is 0 Å². The maximum Gasteiger partial charge on any atom is 0.300 e. The molecule has 1 aromatic carbocycles. The first kappa shape index (κ1) is 11.2. The summed E-state index contributed by atoms with van der Waals surface area (Å²) in [5.41, 5.74) is 0.565. The first-order chi connectivity index (χ1) is 6.23. The second-order valence-electron chi connectivity index (χ2n) is 3.96. The van der Waals surface area contributed by atoms with E-state index in [1.54, 1.807) is 18.2 Å². The van der Waals surface area contributed by atoms with Crippen molar-refractivity contribution in [3.05, 3.63) is 24.3 Å². The number of nitrogens with zero attached hydrogens (tertiary/aromatic N) is 1. The summed E-state index contributed by atoms with van der Waals surface area (Å²) in [7, 11) is 1.38. The summed E-state index contributed by atoms with van der Waals surface area (Å²) >= 11 is 0. The van der Waals surface area contributed by atoms with Gasteiger partial charge >= 0.3 is 0 Å². The number of hydrogen-bond acceptors (Lipinski definition) is 2. The summed E-state index contributed by atoms with van der Waals surface area (Å²) in [6, 6.07) is 6.41. The third kappa shape index (κ3) is 2.31. The van der Waals surface area contributed by atoms with Gasteiger partial charge in [-0.05, 0) is 6.07 Å². The highest BCUT2D eigenvalue weighted by atomic mass is 32.2. The number of quaternary nitrogens is 1. The van der Waals surface area contributed by atoms with E-state index in [0.717, 1.165) is 0 Å². The molecule has 0 radical (unpaired) electrons. The molecule has 0 saturated heterocycles. The van der Waals surface area contributed by atoms with Gasteiger partial charge in [0.2, 0.25) is 0 Å². The Kier molecular flexibility index (Phi) is 2.67. The Morgan fingerprint density at radius 1 is 1.14 bits per heavy atom. The third-order valence-electron chi connectivity index (χ3n) is 1.87. The van der Waals surface area contributed by atoms with Gasteiger partial charge in [-0.25, -0.2) is 0 Å². The fourth-order valence-electron chi connectivity index (χ4n) is 1.23. The Balaban J connectivity index is 3.47. The fourth-order valence-corrected chi connectivity index (χ4v) is 2.09. The lowest BCUT2D eigenvalue weighted by atomic mass is 10.3. The lowest BCUT2D eigenvalue weighted by Gasteiger charge is -2.24. The number of rotatable bonds is 2. The summed E-state index contributed by atoms with van der Waals surface area (Å²) in [5, 5.41) is 0. The standard InChI is InChI=1S/C9H13NO3S/c1-10(2,3)8-6-4-5-7-9(8)14(11,12)13/h4-7H,1-3H3/p+1. The van der Waals surface area contributed by atoms with Crippen LogP contribution in [0.4, 0.5) is 5.69 Å². The molecule has 0 unspecified atom stereocenters.